The smallest absolute Gasteiger partial charge is 0.201 e. The van der Waals surface area contributed by atoms with Gasteiger partial charge in [-0.25, -0.2) is 4.98 Å². The van der Waals surface area contributed by atoms with Crippen molar-refractivity contribution in [3.05, 3.63) is 23.8 Å². The predicted molar refractivity (Wildman–Crippen MR) is 79.0 cm³/mol. The van der Waals surface area contributed by atoms with Crippen molar-refractivity contribution >= 4 is 28.7 Å². The molecule has 2 N–H and O–H groups in total. The average molecular weight is 261 g/mol. The van der Waals surface area contributed by atoms with Crippen molar-refractivity contribution in [3.63, 3.8) is 0 Å². The summed E-state index contributed by atoms with van der Waals surface area (Å²) in [7, 11) is 0. The Morgan fingerprint density at radius 3 is 3.11 bits per heavy atom. The van der Waals surface area contributed by atoms with E-state index in [4.69, 9.17) is 5.73 Å². The maximum Gasteiger partial charge on any atom is 0.201 e. The second kappa shape index (κ2) is 4.84. The lowest BCUT2D eigenvalue weighted by Crippen LogP contribution is -2.18. The van der Waals surface area contributed by atoms with Crippen molar-refractivity contribution in [3.8, 4) is 0 Å². The SMILES string of the molecule is Cc1ccc2c(c1)nc(N)n2CC1CCCCS1. The number of nitrogens with two attached hydrogens (primary N) is 1. The minimum atomic E-state index is 0.654. The summed E-state index contributed by atoms with van der Waals surface area (Å²) in [5.41, 5.74) is 9.49. The van der Waals surface area contributed by atoms with Crippen molar-refractivity contribution in [2.24, 2.45) is 0 Å². The van der Waals surface area contributed by atoms with Crippen LogP contribution in [0.1, 0.15) is 24.8 Å². The molecule has 0 bridgehead atoms. The van der Waals surface area contributed by atoms with Crippen LogP contribution in [0.2, 0.25) is 0 Å². The molecule has 2 heterocycles. The predicted octanol–water partition coefficient (Wildman–Crippen LogP) is 3.21. The second-order valence-corrected chi connectivity index (χ2v) is 6.47. The van der Waals surface area contributed by atoms with Crippen molar-refractivity contribution < 1.29 is 0 Å². The van der Waals surface area contributed by atoms with Crippen molar-refractivity contribution in [2.45, 2.75) is 38.0 Å². The fourth-order valence-electron chi connectivity index (χ4n) is 2.61. The molecule has 1 aromatic heterocycles. The van der Waals surface area contributed by atoms with E-state index < -0.39 is 0 Å². The number of benzene rings is 1. The summed E-state index contributed by atoms with van der Waals surface area (Å²) in [6.07, 6.45) is 4.01. The molecule has 4 heteroatoms. The molecule has 2 aromatic rings. The highest BCUT2D eigenvalue weighted by atomic mass is 32.2. The Bertz CT molecular complexity index is 555. The summed E-state index contributed by atoms with van der Waals surface area (Å²) < 4.78 is 2.18. The first-order valence-corrected chi connectivity index (χ1v) is 7.63. The molecular weight excluding hydrogens is 242 g/mol. The number of nitrogen functional groups attached to an aromatic ring is 1. The van der Waals surface area contributed by atoms with Gasteiger partial charge in [-0.05, 0) is 43.2 Å². The highest BCUT2D eigenvalue weighted by Crippen LogP contribution is 2.28. The second-order valence-electron chi connectivity index (χ2n) is 5.06. The summed E-state index contributed by atoms with van der Waals surface area (Å²) in [6, 6.07) is 6.38. The van der Waals surface area contributed by atoms with Crippen molar-refractivity contribution in [1.29, 1.82) is 0 Å². The Balaban J connectivity index is 1.92. The molecule has 1 saturated heterocycles. The van der Waals surface area contributed by atoms with E-state index in [2.05, 4.69) is 46.4 Å². The number of imidazole rings is 1. The average Bonchev–Trinajstić information content (AvgIpc) is 2.66. The molecule has 1 aliphatic heterocycles. The van der Waals surface area contributed by atoms with Gasteiger partial charge in [-0.1, -0.05) is 12.5 Å². The number of thioether (sulfide) groups is 1. The van der Waals surface area contributed by atoms with Crippen molar-refractivity contribution in [2.75, 3.05) is 11.5 Å². The van der Waals surface area contributed by atoms with Gasteiger partial charge in [0.25, 0.3) is 0 Å². The standard InChI is InChI=1S/C14H19N3S/c1-10-5-6-13-12(8-10)16-14(15)17(13)9-11-4-2-3-7-18-11/h5-6,8,11H,2-4,7,9H2,1H3,(H2,15,16). The molecule has 1 aliphatic rings. The number of hydrogen-bond donors (Lipinski definition) is 1. The van der Waals surface area contributed by atoms with E-state index in [1.807, 2.05) is 0 Å². The maximum absolute atomic E-state index is 6.06. The first-order valence-electron chi connectivity index (χ1n) is 6.58. The van der Waals surface area contributed by atoms with Crippen LogP contribution < -0.4 is 5.73 Å². The number of aryl methyl sites for hydroxylation is 1. The molecule has 1 atom stereocenters. The van der Waals surface area contributed by atoms with E-state index in [-0.39, 0.29) is 0 Å². The van der Waals surface area contributed by atoms with Gasteiger partial charge in [0.05, 0.1) is 11.0 Å². The van der Waals surface area contributed by atoms with Crippen LogP contribution >= 0.6 is 11.8 Å². The molecule has 0 saturated carbocycles. The van der Waals surface area contributed by atoms with Crippen LogP contribution in [-0.4, -0.2) is 20.6 Å². The van der Waals surface area contributed by atoms with E-state index in [1.165, 1.54) is 36.1 Å². The lowest BCUT2D eigenvalue weighted by molar-refractivity contribution is 0.595. The largest absolute Gasteiger partial charge is 0.369 e. The lowest BCUT2D eigenvalue weighted by Gasteiger charge is -2.22. The Kier molecular flexibility index (Phi) is 3.20. The molecular formula is C14H19N3S. The van der Waals surface area contributed by atoms with Crippen molar-refractivity contribution in [1.82, 2.24) is 9.55 Å². The Labute approximate surface area is 112 Å². The molecule has 1 aromatic carbocycles. The first kappa shape index (κ1) is 11.9. The van der Waals surface area contributed by atoms with E-state index >= 15 is 0 Å². The summed E-state index contributed by atoms with van der Waals surface area (Å²) in [4.78, 5) is 4.47. The number of rotatable bonds is 2. The van der Waals surface area contributed by atoms with Gasteiger partial charge in [0, 0.05) is 11.8 Å². The van der Waals surface area contributed by atoms with E-state index in [0.717, 1.165) is 12.1 Å². The summed E-state index contributed by atoms with van der Waals surface area (Å²) in [6.45, 7) is 3.09. The van der Waals surface area contributed by atoms with Gasteiger partial charge < -0.3 is 10.3 Å². The quantitative estimate of drug-likeness (QED) is 0.902. The van der Waals surface area contributed by atoms with Crippen LogP contribution in [0.15, 0.2) is 18.2 Å². The van der Waals surface area contributed by atoms with E-state index in [0.29, 0.717) is 11.2 Å². The van der Waals surface area contributed by atoms with Gasteiger partial charge in [0.2, 0.25) is 5.95 Å². The number of fused-ring (bicyclic) bond motifs is 1. The monoisotopic (exact) mass is 261 g/mol. The Hall–Kier alpha value is -1.16. The minimum Gasteiger partial charge on any atom is -0.369 e. The van der Waals surface area contributed by atoms with Crippen LogP contribution in [0.25, 0.3) is 11.0 Å². The Morgan fingerprint density at radius 2 is 2.33 bits per heavy atom. The first-order chi connectivity index (χ1) is 8.74. The van der Waals surface area contributed by atoms with Gasteiger partial charge in [-0.15, -0.1) is 0 Å². The normalized spacial score (nSPS) is 20.4. The third-order valence-electron chi connectivity index (χ3n) is 3.59. The summed E-state index contributed by atoms with van der Waals surface area (Å²) >= 11 is 2.08. The molecule has 3 rings (SSSR count). The third-order valence-corrected chi connectivity index (χ3v) is 4.97. The summed E-state index contributed by atoms with van der Waals surface area (Å²) in [5.74, 6) is 1.94. The number of nitrogens with zero attached hydrogens (tertiary/aromatic N) is 2. The zero-order chi connectivity index (χ0) is 12.5. The Morgan fingerprint density at radius 1 is 1.44 bits per heavy atom. The highest BCUT2D eigenvalue weighted by Gasteiger charge is 2.17. The van der Waals surface area contributed by atoms with E-state index in [1.54, 1.807) is 0 Å². The van der Waals surface area contributed by atoms with Crippen LogP contribution in [-0.2, 0) is 6.54 Å². The molecule has 0 aliphatic carbocycles. The number of aromatic nitrogens is 2. The van der Waals surface area contributed by atoms with Gasteiger partial charge in [0.15, 0.2) is 0 Å². The molecule has 1 fully saturated rings. The van der Waals surface area contributed by atoms with Gasteiger partial charge in [-0.3, -0.25) is 0 Å². The topological polar surface area (TPSA) is 43.8 Å². The lowest BCUT2D eigenvalue weighted by atomic mass is 10.2. The fraction of sp³-hybridized carbons (Fsp3) is 0.500. The molecule has 18 heavy (non-hydrogen) atoms. The maximum atomic E-state index is 6.06. The van der Waals surface area contributed by atoms with Gasteiger partial charge in [0.1, 0.15) is 0 Å². The molecule has 0 radical (unpaired) electrons. The minimum absolute atomic E-state index is 0.654. The zero-order valence-corrected chi connectivity index (χ0v) is 11.5. The van der Waals surface area contributed by atoms with Gasteiger partial charge >= 0.3 is 0 Å². The number of hydrogen-bond acceptors (Lipinski definition) is 3. The van der Waals surface area contributed by atoms with E-state index in [9.17, 15) is 0 Å². The molecule has 3 nitrogen and oxygen atoms in total. The van der Waals surface area contributed by atoms with Crippen LogP contribution in [0.5, 0.6) is 0 Å². The molecule has 0 amide bonds. The van der Waals surface area contributed by atoms with Crippen LogP contribution in [0.4, 0.5) is 5.95 Å². The number of anilines is 1. The zero-order valence-electron chi connectivity index (χ0n) is 10.7. The molecule has 0 spiro atoms. The van der Waals surface area contributed by atoms with Crippen LogP contribution in [0, 0.1) is 6.92 Å². The molecule has 1 unspecified atom stereocenters. The fourth-order valence-corrected chi connectivity index (χ4v) is 3.90. The van der Waals surface area contributed by atoms with Crippen LogP contribution in [0.3, 0.4) is 0 Å². The highest BCUT2D eigenvalue weighted by molar-refractivity contribution is 7.99. The third kappa shape index (κ3) is 2.21. The summed E-state index contributed by atoms with van der Waals surface area (Å²) in [5, 5.41) is 0.694. The molecule has 96 valence electrons. The van der Waals surface area contributed by atoms with Gasteiger partial charge in [-0.2, -0.15) is 11.8 Å².